The molecule has 6 heteroatoms. The minimum atomic E-state index is 0.687. The maximum Gasteiger partial charge on any atom is 0.188 e. The number of H-pyrrole nitrogens is 1. The van der Waals surface area contributed by atoms with Crippen molar-refractivity contribution in [1.29, 1.82) is 0 Å². The Bertz CT molecular complexity index is 525. The van der Waals surface area contributed by atoms with Gasteiger partial charge >= 0.3 is 0 Å². The molecule has 1 heterocycles. The van der Waals surface area contributed by atoms with Crippen LogP contribution in [0.3, 0.4) is 0 Å². The molecule has 3 rings (SSSR count). The molecule has 1 fully saturated rings. The Morgan fingerprint density at radius 2 is 2.33 bits per heavy atom. The number of halogens is 1. The summed E-state index contributed by atoms with van der Waals surface area (Å²) in [6.45, 7) is 0.849. The normalized spacial score (nSPS) is 14.9. The van der Waals surface area contributed by atoms with Gasteiger partial charge in [0.2, 0.25) is 0 Å². The summed E-state index contributed by atoms with van der Waals surface area (Å²) >= 11 is 7.79. The highest BCUT2D eigenvalue weighted by molar-refractivity contribution is 7.99. The number of rotatable bonds is 5. The van der Waals surface area contributed by atoms with E-state index in [1.165, 1.54) is 36.5 Å². The van der Waals surface area contributed by atoms with Gasteiger partial charge in [-0.15, -0.1) is 0 Å². The van der Waals surface area contributed by atoms with Gasteiger partial charge in [-0.3, -0.25) is 5.10 Å². The van der Waals surface area contributed by atoms with Gasteiger partial charge in [-0.25, -0.2) is 4.98 Å². The highest BCUT2D eigenvalue weighted by Gasteiger charge is 2.21. The largest absolute Gasteiger partial charge is 0.310 e. The van der Waals surface area contributed by atoms with Crippen molar-refractivity contribution in [2.24, 2.45) is 0 Å². The van der Waals surface area contributed by atoms with Crippen LogP contribution in [0.5, 0.6) is 0 Å². The van der Waals surface area contributed by atoms with Crippen molar-refractivity contribution >= 4 is 23.4 Å². The second-order valence-electron chi connectivity index (χ2n) is 4.28. The first-order chi connectivity index (χ1) is 8.83. The molecule has 94 valence electrons. The molecule has 0 bridgehead atoms. The van der Waals surface area contributed by atoms with Gasteiger partial charge < -0.3 is 5.32 Å². The lowest BCUT2D eigenvalue weighted by molar-refractivity contribution is 0.680. The molecule has 1 aromatic heterocycles. The van der Waals surface area contributed by atoms with E-state index < -0.39 is 0 Å². The number of nitrogens with zero attached hydrogens (tertiary/aromatic N) is 2. The lowest BCUT2D eigenvalue weighted by Crippen LogP contribution is -2.15. The quantitative estimate of drug-likeness (QED) is 0.884. The Labute approximate surface area is 115 Å². The topological polar surface area (TPSA) is 53.6 Å². The summed E-state index contributed by atoms with van der Waals surface area (Å²) in [5.74, 6) is 0. The molecule has 1 aromatic carbocycles. The highest BCUT2D eigenvalue weighted by Crippen LogP contribution is 2.34. The molecule has 2 N–H and O–H groups in total. The molecule has 0 atom stereocenters. The fourth-order valence-electron chi connectivity index (χ4n) is 1.69. The summed E-state index contributed by atoms with van der Waals surface area (Å²) in [5, 5.41) is 11.7. The second-order valence-corrected chi connectivity index (χ2v) is 5.68. The summed E-state index contributed by atoms with van der Waals surface area (Å²) in [4.78, 5) is 5.16. The average Bonchev–Trinajstić information content (AvgIpc) is 3.06. The first-order valence-corrected chi connectivity index (χ1v) is 7.06. The molecular formula is C12H13ClN4S. The van der Waals surface area contributed by atoms with Crippen LogP contribution in [-0.2, 0) is 6.54 Å². The van der Waals surface area contributed by atoms with Gasteiger partial charge in [-0.05, 0) is 36.2 Å². The number of hydrogen-bond acceptors (Lipinski definition) is 4. The van der Waals surface area contributed by atoms with E-state index in [4.69, 9.17) is 11.6 Å². The van der Waals surface area contributed by atoms with Gasteiger partial charge in [-0.2, -0.15) is 5.10 Å². The lowest BCUT2D eigenvalue weighted by atomic mass is 10.2. The SMILES string of the molecule is Clc1cccc(CNC2CC2)c1Sc1ncn[nH]1. The zero-order chi connectivity index (χ0) is 12.4. The molecule has 0 radical (unpaired) electrons. The van der Waals surface area contributed by atoms with Crippen molar-refractivity contribution < 1.29 is 0 Å². The maximum absolute atomic E-state index is 6.27. The van der Waals surface area contributed by atoms with Crippen molar-refractivity contribution in [2.45, 2.75) is 35.5 Å². The number of benzene rings is 1. The number of nitrogens with one attached hydrogen (secondary N) is 2. The Hall–Kier alpha value is -1.04. The van der Waals surface area contributed by atoms with Gasteiger partial charge in [0.1, 0.15) is 6.33 Å². The highest BCUT2D eigenvalue weighted by atomic mass is 35.5. The Kier molecular flexibility index (Phi) is 3.54. The van der Waals surface area contributed by atoms with Crippen LogP contribution in [0.4, 0.5) is 0 Å². The van der Waals surface area contributed by atoms with Crippen LogP contribution < -0.4 is 5.32 Å². The van der Waals surface area contributed by atoms with Crippen LogP contribution in [0.15, 0.2) is 34.6 Å². The Morgan fingerprint density at radius 3 is 3.06 bits per heavy atom. The van der Waals surface area contributed by atoms with Crippen LogP contribution in [0.25, 0.3) is 0 Å². The van der Waals surface area contributed by atoms with Crippen molar-refractivity contribution in [2.75, 3.05) is 0 Å². The molecule has 1 saturated carbocycles. The minimum absolute atomic E-state index is 0.687. The molecule has 1 aliphatic rings. The van der Waals surface area contributed by atoms with Crippen molar-refractivity contribution in [3.63, 3.8) is 0 Å². The smallest absolute Gasteiger partial charge is 0.188 e. The van der Waals surface area contributed by atoms with E-state index in [1.54, 1.807) is 0 Å². The molecule has 0 amide bonds. The van der Waals surface area contributed by atoms with Gasteiger partial charge in [0.15, 0.2) is 5.16 Å². The zero-order valence-corrected chi connectivity index (χ0v) is 11.3. The Balaban J connectivity index is 1.80. The Morgan fingerprint density at radius 1 is 1.44 bits per heavy atom. The third-order valence-electron chi connectivity index (χ3n) is 2.80. The third kappa shape index (κ3) is 2.85. The first-order valence-electron chi connectivity index (χ1n) is 5.87. The van der Waals surface area contributed by atoms with Crippen LogP contribution in [0.1, 0.15) is 18.4 Å². The summed E-state index contributed by atoms with van der Waals surface area (Å²) < 4.78 is 0. The number of hydrogen-bond donors (Lipinski definition) is 2. The number of aromatic amines is 1. The molecule has 18 heavy (non-hydrogen) atoms. The van der Waals surface area contributed by atoms with E-state index in [9.17, 15) is 0 Å². The van der Waals surface area contributed by atoms with E-state index in [0.717, 1.165) is 21.6 Å². The van der Waals surface area contributed by atoms with Crippen molar-refractivity contribution in [3.05, 3.63) is 35.1 Å². The van der Waals surface area contributed by atoms with Crippen LogP contribution in [-0.4, -0.2) is 21.2 Å². The summed E-state index contributed by atoms with van der Waals surface area (Å²) in [5.41, 5.74) is 1.20. The van der Waals surface area contributed by atoms with E-state index in [0.29, 0.717) is 6.04 Å². The predicted molar refractivity (Wildman–Crippen MR) is 71.8 cm³/mol. The summed E-state index contributed by atoms with van der Waals surface area (Å²) in [6, 6.07) is 6.67. The van der Waals surface area contributed by atoms with Crippen LogP contribution >= 0.6 is 23.4 Å². The van der Waals surface area contributed by atoms with Crippen LogP contribution in [0, 0.1) is 0 Å². The molecule has 0 saturated heterocycles. The average molecular weight is 281 g/mol. The van der Waals surface area contributed by atoms with E-state index in [1.807, 2.05) is 12.1 Å². The van der Waals surface area contributed by atoms with Gasteiger partial charge in [-0.1, -0.05) is 23.7 Å². The van der Waals surface area contributed by atoms with Crippen molar-refractivity contribution in [1.82, 2.24) is 20.5 Å². The van der Waals surface area contributed by atoms with Crippen LogP contribution in [0.2, 0.25) is 5.02 Å². The van der Waals surface area contributed by atoms with E-state index in [-0.39, 0.29) is 0 Å². The predicted octanol–water partition coefficient (Wildman–Crippen LogP) is 2.86. The minimum Gasteiger partial charge on any atom is -0.310 e. The molecule has 0 unspecified atom stereocenters. The monoisotopic (exact) mass is 280 g/mol. The second kappa shape index (κ2) is 5.30. The third-order valence-corrected chi connectivity index (χ3v) is 4.30. The standard InChI is InChI=1S/C12H13ClN4S/c13-10-3-1-2-8(6-14-9-4-5-9)11(10)18-12-15-7-16-17-12/h1-3,7,9,14H,4-6H2,(H,15,16,17). The maximum atomic E-state index is 6.27. The molecule has 4 nitrogen and oxygen atoms in total. The first kappa shape index (κ1) is 12.0. The van der Waals surface area contributed by atoms with Crippen molar-refractivity contribution in [3.8, 4) is 0 Å². The molecule has 1 aliphatic carbocycles. The number of aromatic nitrogens is 3. The molecule has 0 spiro atoms. The fourth-order valence-corrected chi connectivity index (χ4v) is 2.83. The lowest BCUT2D eigenvalue weighted by Gasteiger charge is -2.10. The summed E-state index contributed by atoms with van der Waals surface area (Å²) in [7, 11) is 0. The molecule has 2 aromatic rings. The fraction of sp³-hybridized carbons (Fsp3) is 0.333. The van der Waals surface area contributed by atoms with E-state index >= 15 is 0 Å². The molecule has 0 aliphatic heterocycles. The van der Waals surface area contributed by atoms with E-state index in [2.05, 4.69) is 26.6 Å². The van der Waals surface area contributed by atoms with Gasteiger partial charge in [0, 0.05) is 17.5 Å². The van der Waals surface area contributed by atoms with Gasteiger partial charge in [0.05, 0.1) is 5.02 Å². The summed E-state index contributed by atoms with van der Waals surface area (Å²) in [6.07, 6.45) is 4.07. The zero-order valence-electron chi connectivity index (χ0n) is 9.69. The molecular weight excluding hydrogens is 268 g/mol. The van der Waals surface area contributed by atoms with Gasteiger partial charge in [0.25, 0.3) is 0 Å².